The fourth-order valence-electron chi connectivity index (χ4n) is 3.95. The van der Waals surface area contributed by atoms with Crippen molar-refractivity contribution in [1.29, 1.82) is 0 Å². The van der Waals surface area contributed by atoms with Crippen molar-refractivity contribution in [2.45, 2.75) is 46.0 Å². The number of esters is 1. The van der Waals surface area contributed by atoms with Gasteiger partial charge in [-0.15, -0.1) is 0 Å². The maximum absolute atomic E-state index is 13.1. The maximum atomic E-state index is 13.1. The molecule has 0 amide bonds. The number of aliphatic carboxylic acids is 1. The smallest absolute Gasteiger partial charge is 0.348 e. The number of ether oxygens (including phenoxy) is 3. The van der Waals surface area contributed by atoms with Gasteiger partial charge >= 0.3 is 5.97 Å². The Bertz CT molecular complexity index is 876. The van der Waals surface area contributed by atoms with Crippen LogP contribution in [0.3, 0.4) is 0 Å². The molecule has 1 aromatic rings. The molecule has 0 N–H and O–H groups in total. The van der Waals surface area contributed by atoms with Gasteiger partial charge in [0.2, 0.25) is 12.6 Å². The van der Waals surface area contributed by atoms with Gasteiger partial charge in [-0.05, 0) is 19.8 Å². The van der Waals surface area contributed by atoms with Crippen molar-refractivity contribution in [1.82, 2.24) is 4.48 Å². The summed E-state index contributed by atoms with van der Waals surface area (Å²) in [6.45, 7) is 4.60. The zero-order valence-electron chi connectivity index (χ0n) is 17.4. The Balaban J connectivity index is 1.98. The molecular weight excluding hydrogens is 390 g/mol. The minimum absolute atomic E-state index is 0.0729. The van der Waals surface area contributed by atoms with Gasteiger partial charge in [0.05, 0.1) is 24.6 Å². The lowest BCUT2D eigenvalue weighted by atomic mass is 9.94. The van der Waals surface area contributed by atoms with Gasteiger partial charge in [0.15, 0.2) is 22.8 Å². The van der Waals surface area contributed by atoms with E-state index in [2.05, 4.69) is 6.92 Å². The zero-order chi connectivity index (χ0) is 21.7. The highest BCUT2D eigenvalue weighted by Crippen LogP contribution is 2.44. The number of ketones is 1. The van der Waals surface area contributed by atoms with Crippen molar-refractivity contribution < 1.29 is 33.7 Å². The molecule has 0 radical (unpaired) electrons. The molecule has 3 rings (SSSR count). The topological polar surface area (TPSA) is 102 Å². The molecule has 0 bridgehead atoms. The third-order valence-electron chi connectivity index (χ3n) is 5.60. The van der Waals surface area contributed by atoms with Crippen LogP contribution in [0.5, 0.6) is 11.5 Å². The second-order valence-electron chi connectivity index (χ2n) is 7.53. The number of benzene rings is 1. The van der Waals surface area contributed by atoms with Crippen LogP contribution in [-0.4, -0.2) is 44.2 Å². The molecule has 0 saturated heterocycles. The molecule has 2 aliphatic rings. The van der Waals surface area contributed by atoms with E-state index in [1.54, 1.807) is 12.3 Å². The maximum Gasteiger partial charge on any atom is 0.348 e. The Morgan fingerprint density at radius 1 is 1.10 bits per heavy atom. The Labute approximate surface area is 175 Å². The number of hydrogen-bond donors (Lipinski definition) is 0. The lowest BCUT2D eigenvalue weighted by Gasteiger charge is -2.37. The standard InChI is InChI=1S/C22H27NO7/c1-3-5-6-7-8-9-23(4-2)12-16(22(27)28-13-20(24)25)21(26)15-10-18-19(11-17(15)23)30-14-29-18/h10-12H,3-9,13-14H2,1-2H3. The highest BCUT2D eigenvalue weighted by atomic mass is 16.7. The fraction of sp³-hybridized carbons (Fsp3) is 0.500. The molecule has 0 aliphatic carbocycles. The largest absolute Gasteiger partial charge is 0.546 e. The summed E-state index contributed by atoms with van der Waals surface area (Å²) in [4.78, 5) is 36.3. The highest BCUT2D eigenvalue weighted by Gasteiger charge is 2.42. The Hall–Kier alpha value is -2.87. The van der Waals surface area contributed by atoms with Gasteiger partial charge in [-0.25, -0.2) is 4.79 Å². The first-order valence-electron chi connectivity index (χ1n) is 10.4. The predicted molar refractivity (Wildman–Crippen MR) is 107 cm³/mol. The van der Waals surface area contributed by atoms with E-state index in [-0.39, 0.29) is 16.8 Å². The van der Waals surface area contributed by atoms with Gasteiger partial charge in [-0.3, -0.25) is 9.28 Å². The van der Waals surface area contributed by atoms with Crippen LogP contribution in [0.4, 0.5) is 5.69 Å². The third kappa shape index (κ3) is 4.33. The summed E-state index contributed by atoms with van der Waals surface area (Å²) in [7, 11) is 0. The first kappa shape index (κ1) is 21.8. The molecule has 8 nitrogen and oxygen atoms in total. The lowest BCUT2D eigenvalue weighted by Crippen LogP contribution is -2.49. The number of hydrogen-bond acceptors (Lipinski definition) is 7. The molecule has 1 unspecified atom stereocenters. The van der Waals surface area contributed by atoms with Crippen LogP contribution in [0, 0.1) is 0 Å². The molecule has 2 aliphatic heterocycles. The Kier molecular flexibility index (Phi) is 6.77. The first-order valence-corrected chi connectivity index (χ1v) is 10.4. The van der Waals surface area contributed by atoms with Crippen LogP contribution in [0.15, 0.2) is 23.9 Å². The summed E-state index contributed by atoms with van der Waals surface area (Å²) >= 11 is 0. The fourth-order valence-corrected chi connectivity index (χ4v) is 3.95. The summed E-state index contributed by atoms with van der Waals surface area (Å²) in [6.07, 6.45) is 6.98. The van der Waals surface area contributed by atoms with Gasteiger partial charge in [0.1, 0.15) is 12.8 Å². The van der Waals surface area contributed by atoms with E-state index in [1.807, 2.05) is 13.0 Å². The Morgan fingerprint density at radius 2 is 1.80 bits per heavy atom. The molecule has 0 fully saturated rings. The summed E-state index contributed by atoms with van der Waals surface area (Å²) in [6, 6.07) is 3.41. The van der Waals surface area contributed by atoms with Gasteiger partial charge in [-0.1, -0.05) is 26.2 Å². The molecule has 0 saturated carbocycles. The molecule has 2 heterocycles. The number of carbonyl (C=O) groups is 3. The van der Waals surface area contributed by atoms with Crippen molar-refractivity contribution in [3.63, 3.8) is 0 Å². The molecule has 1 aromatic carbocycles. The number of nitrogens with zero attached hydrogens (tertiary/aromatic N) is 1. The minimum atomic E-state index is -1.52. The summed E-state index contributed by atoms with van der Waals surface area (Å²) < 4.78 is 16.0. The van der Waals surface area contributed by atoms with E-state index in [4.69, 9.17) is 14.2 Å². The van der Waals surface area contributed by atoms with Crippen molar-refractivity contribution in [2.75, 3.05) is 26.5 Å². The minimum Gasteiger partial charge on any atom is -0.546 e. The van der Waals surface area contributed by atoms with Crippen LogP contribution < -0.4 is 19.1 Å². The van der Waals surface area contributed by atoms with Crippen LogP contribution >= 0.6 is 0 Å². The average Bonchev–Trinajstić information content (AvgIpc) is 3.20. The molecule has 30 heavy (non-hydrogen) atoms. The van der Waals surface area contributed by atoms with Crippen LogP contribution in [-0.2, 0) is 14.3 Å². The SMILES string of the molecule is CCCCCCC[N+]1(CC)C=C(C(=O)OCC(=O)[O-])C(=O)c2cc3c(cc21)OCO3. The van der Waals surface area contributed by atoms with E-state index >= 15 is 0 Å². The molecule has 162 valence electrons. The molecule has 1 atom stereocenters. The first-order chi connectivity index (χ1) is 14.4. The Morgan fingerprint density at radius 3 is 2.47 bits per heavy atom. The number of carboxylic acid groups (broad SMARTS) is 1. The number of rotatable bonds is 10. The number of carboxylic acids is 1. The van der Waals surface area contributed by atoms with E-state index < -0.39 is 24.3 Å². The average molecular weight is 417 g/mol. The van der Waals surface area contributed by atoms with Crippen LogP contribution in [0.2, 0.25) is 0 Å². The van der Waals surface area contributed by atoms with Gasteiger partial charge < -0.3 is 24.1 Å². The lowest BCUT2D eigenvalue weighted by molar-refractivity contribution is -0.308. The number of Topliss-reactive ketones (excluding diaryl/α,β-unsaturated/α-hetero) is 1. The van der Waals surface area contributed by atoms with E-state index in [0.29, 0.717) is 30.2 Å². The second-order valence-corrected chi connectivity index (χ2v) is 7.53. The van der Waals surface area contributed by atoms with E-state index in [1.165, 1.54) is 0 Å². The third-order valence-corrected chi connectivity index (χ3v) is 5.60. The molecule has 0 spiro atoms. The normalized spacial score (nSPS) is 19.3. The zero-order valence-corrected chi connectivity index (χ0v) is 17.4. The number of quaternary nitrogens is 1. The predicted octanol–water partition coefficient (Wildman–Crippen LogP) is 2.09. The molecular formula is C22H27NO7. The van der Waals surface area contributed by atoms with Crippen molar-refractivity contribution >= 4 is 23.4 Å². The second kappa shape index (κ2) is 9.30. The highest BCUT2D eigenvalue weighted by molar-refractivity contribution is 6.27. The molecule has 0 aromatic heterocycles. The molecule has 8 heteroatoms. The van der Waals surface area contributed by atoms with Crippen LogP contribution in [0.25, 0.3) is 0 Å². The van der Waals surface area contributed by atoms with Gasteiger partial charge in [0.25, 0.3) is 0 Å². The summed E-state index contributed by atoms with van der Waals surface area (Å²) in [5.74, 6) is -1.99. The number of unbranched alkanes of at least 4 members (excludes halogenated alkanes) is 4. The number of fused-ring (bicyclic) bond motifs is 2. The van der Waals surface area contributed by atoms with Crippen molar-refractivity contribution in [3.05, 3.63) is 29.5 Å². The summed E-state index contributed by atoms with van der Waals surface area (Å²) in [5.41, 5.74) is 0.925. The van der Waals surface area contributed by atoms with Crippen molar-refractivity contribution in [2.24, 2.45) is 0 Å². The van der Waals surface area contributed by atoms with Gasteiger partial charge in [-0.2, -0.15) is 0 Å². The quantitative estimate of drug-likeness (QED) is 0.249. The monoisotopic (exact) mass is 417 g/mol. The number of carbonyl (C=O) groups excluding carboxylic acids is 3. The van der Waals surface area contributed by atoms with Crippen molar-refractivity contribution in [3.8, 4) is 11.5 Å². The summed E-state index contributed by atoms with van der Waals surface area (Å²) in [5, 5.41) is 10.7. The van der Waals surface area contributed by atoms with Gasteiger partial charge in [0, 0.05) is 12.1 Å². The van der Waals surface area contributed by atoms with E-state index in [0.717, 1.165) is 37.8 Å². The van der Waals surface area contributed by atoms with Crippen LogP contribution in [0.1, 0.15) is 56.3 Å². The van der Waals surface area contributed by atoms with E-state index in [9.17, 15) is 19.5 Å².